The lowest BCUT2D eigenvalue weighted by Crippen LogP contribution is -1.80. The maximum Gasteiger partial charge on any atom is 0.136 e. The number of aromatic nitrogens is 1. The van der Waals surface area contributed by atoms with E-state index in [1.54, 1.807) is 0 Å². The number of halogens is 2. The monoisotopic (exact) mass is 217 g/mol. The van der Waals surface area contributed by atoms with E-state index in [0.29, 0.717) is 10.9 Å². The molecule has 0 aliphatic heterocycles. The van der Waals surface area contributed by atoms with Crippen LogP contribution in [-0.4, -0.2) is 4.98 Å². The quantitative estimate of drug-likeness (QED) is 0.587. The Labute approximate surface area is 90.7 Å². The van der Waals surface area contributed by atoms with Crippen molar-refractivity contribution in [2.75, 3.05) is 0 Å². The SMILES string of the molecule is Cc1ccc2[nH]c3cc(F)cc(F)c3c2c1. The fraction of sp³-hybridized carbons (Fsp3) is 0.0769. The molecule has 0 amide bonds. The number of nitrogens with one attached hydrogen (secondary N) is 1. The molecule has 16 heavy (non-hydrogen) atoms. The first kappa shape index (κ1) is 9.33. The van der Waals surface area contributed by atoms with Crippen molar-refractivity contribution < 1.29 is 8.78 Å². The third-order valence-corrected chi connectivity index (χ3v) is 2.77. The molecule has 1 aromatic heterocycles. The number of benzene rings is 2. The minimum Gasteiger partial charge on any atom is -0.354 e. The summed E-state index contributed by atoms with van der Waals surface area (Å²) in [4.78, 5) is 3.01. The second-order valence-corrected chi connectivity index (χ2v) is 3.98. The average molecular weight is 217 g/mol. The van der Waals surface area contributed by atoms with Gasteiger partial charge in [0.15, 0.2) is 0 Å². The Morgan fingerprint density at radius 3 is 2.62 bits per heavy atom. The van der Waals surface area contributed by atoms with Crippen molar-refractivity contribution >= 4 is 21.8 Å². The predicted molar refractivity (Wildman–Crippen MR) is 60.5 cm³/mol. The fourth-order valence-corrected chi connectivity index (χ4v) is 2.06. The molecule has 0 spiro atoms. The van der Waals surface area contributed by atoms with E-state index in [0.717, 1.165) is 22.5 Å². The molecule has 3 heteroatoms. The molecule has 0 fully saturated rings. The van der Waals surface area contributed by atoms with E-state index >= 15 is 0 Å². The molecule has 0 saturated heterocycles. The normalized spacial score (nSPS) is 11.4. The molecule has 3 rings (SSSR count). The van der Waals surface area contributed by atoms with Crippen molar-refractivity contribution in [3.8, 4) is 0 Å². The van der Waals surface area contributed by atoms with Crippen LogP contribution in [0.25, 0.3) is 21.8 Å². The molecule has 0 radical (unpaired) electrons. The summed E-state index contributed by atoms with van der Waals surface area (Å²) in [6, 6.07) is 7.94. The lowest BCUT2D eigenvalue weighted by Gasteiger charge is -1.95. The highest BCUT2D eigenvalue weighted by Gasteiger charge is 2.10. The summed E-state index contributed by atoms with van der Waals surface area (Å²) < 4.78 is 26.7. The van der Waals surface area contributed by atoms with Gasteiger partial charge in [0.05, 0.1) is 5.52 Å². The van der Waals surface area contributed by atoms with Gasteiger partial charge in [-0.25, -0.2) is 8.78 Å². The number of fused-ring (bicyclic) bond motifs is 3. The number of rotatable bonds is 0. The van der Waals surface area contributed by atoms with Crippen LogP contribution in [0.15, 0.2) is 30.3 Å². The minimum atomic E-state index is -0.562. The molecular formula is C13H9F2N. The van der Waals surface area contributed by atoms with Gasteiger partial charge in [0.2, 0.25) is 0 Å². The lowest BCUT2D eigenvalue weighted by molar-refractivity contribution is 0.592. The number of hydrogen-bond donors (Lipinski definition) is 1. The molecule has 0 bridgehead atoms. The molecule has 0 aliphatic carbocycles. The zero-order valence-electron chi connectivity index (χ0n) is 8.64. The number of hydrogen-bond acceptors (Lipinski definition) is 0. The van der Waals surface area contributed by atoms with Crippen LogP contribution in [0.2, 0.25) is 0 Å². The summed E-state index contributed by atoms with van der Waals surface area (Å²) in [6.07, 6.45) is 0. The fourth-order valence-electron chi connectivity index (χ4n) is 2.06. The van der Waals surface area contributed by atoms with Crippen LogP contribution < -0.4 is 0 Å². The van der Waals surface area contributed by atoms with Crippen LogP contribution in [0.1, 0.15) is 5.56 Å². The van der Waals surface area contributed by atoms with Crippen molar-refractivity contribution in [2.24, 2.45) is 0 Å². The predicted octanol–water partition coefficient (Wildman–Crippen LogP) is 3.91. The summed E-state index contributed by atoms with van der Waals surface area (Å²) in [5.41, 5.74) is 2.38. The number of aromatic amines is 1. The second kappa shape index (κ2) is 3.04. The molecule has 0 unspecified atom stereocenters. The highest BCUT2D eigenvalue weighted by atomic mass is 19.1. The van der Waals surface area contributed by atoms with Crippen molar-refractivity contribution in [3.63, 3.8) is 0 Å². The summed E-state index contributed by atoms with van der Waals surface area (Å²) >= 11 is 0. The summed E-state index contributed by atoms with van der Waals surface area (Å²) in [7, 11) is 0. The summed E-state index contributed by atoms with van der Waals surface area (Å²) in [5, 5.41) is 1.26. The average Bonchev–Trinajstić information content (AvgIpc) is 2.54. The van der Waals surface area contributed by atoms with Crippen molar-refractivity contribution in [1.29, 1.82) is 0 Å². The van der Waals surface area contributed by atoms with Crippen LogP contribution in [0.4, 0.5) is 8.78 Å². The van der Waals surface area contributed by atoms with Crippen LogP contribution >= 0.6 is 0 Å². The smallest absolute Gasteiger partial charge is 0.136 e. The Kier molecular flexibility index (Phi) is 1.78. The minimum absolute atomic E-state index is 0.458. The van der Waals surface area contributed by atoms with Crippen LogP contribution in [0.3, 0.4) is 0 Å². The van der Waals surface area contributed by atoms with Gasteiger partial charge in [0.1, 0.15) is 11.6 Å². The van der Waals surface area contributed by atoms with Gasteiger partial charge in [-0.05, 0) is 25.1 Å². The standard InChI is InChI=1S/C13H9F2N/c1-7-2-3-11-9(4-7)13-10(15)5-8(14)6-12(13)16-11/h2-6,16H,1H3. The van der Waals surface area contributed by atoms with Gasteiger partial charge < -0.3 is 4.98 Å². The van der Waals surface area contributed by atoms with Gasteiger partial charge >= 0.3 is 0 Å². The van der Waals surface area contributed by atoms with Crippen LogP contribution in [0, 0.1) is 18.6 Å². The van der Waals surface area contributed by atoms with Gasteiger partial charge in [-0.3, -0.25) is 0 Å². The molecule has 2 aromatic carbocycles. The molecule has 1 heterocycles. The van der Waals surface area contributed by atoms with E-state index < -0.39 is 11.6 Å². The molecule has 0 saturated carbocycles. The Morgan fingerprint density at radius 1 is 1.00 bits per heavy atom. The zero-order valence-corrected chi connectivity index (χ0v) is 8.64. The van der Waals surface area contributed by atoms with Gasteiger partial charge in [-0.15, -0.1) is 0 Å². The van der Waals surface area contributed by atoms with E-state index in [9.17, 15) is 8.78 Å². The zero-order chi connectivity index (χ0) is 11.3. The number of aryl methyl sites for hydroxylation is 1. The van der Waals surface area contributed by atoms with E-state index in [-0.39, 0.29) is 0 Å². The third-order valence-electron chi connectivity index (χ3n) is 2.77. The Balaban J connectivity index is 2.57. The van der Waals surface area contributed by atoms with Crippen molar-refractivity contribution in [1.82, 2.24) is 4.98 Å². The molecule has 0 aliphatic rings. The molecule has 3 aromatic rings. The molecular weight excluding hydrogens is 208 g/mol. The maximum absolute atomic E-state index is 13.7. The van der Waals surface area contributed by atoms with Gasteiger partial charge in [-0.2, -0.15) is 0 Å². The van der Waals surface area contributed by atoms with E-state index in [1.807, 2.05) is 25.1 Å². The highest BCUT2D eigenvalue weighted by molar-refractivity contribution is 6.07. The lowest BCUT2D eigenvalue weighted by atomic mass is 10.1. The van der Waals surface area contributed by atoms with E-state index in [4.69, 9.17) is 0 Å². The summed E-state index contributed by atoms with van der Waals surface area (Å²) in [5.74, 6) is -1.08. The Hall–Kier alpha value is -1.90. The largest absolute Gasteiger partial charge is 0.354 e. The first-order chi connectivity index (χ1) is 7.65. The first-order valence-corrected chi connectivity index (χ1v) is 5.02. The second-order valence-electron chi connectivity index (χ2n) is 3.98. The van der Waals surface area contributed by atoms with E-state index in [2.05, 4.69) is 4.98 Å². The molecule has 1 N–H and O–H groups in total. The topological polar surface area (TPSA) is 15.8 Å². The first-order valence-electron chi connectivity index (χ1n) is 5.02. The Morgan fingerprint density at radius 2 is 1.81 bits per heavy atom. The maximum atomic E-state index is 13.7. The highest BCUT2D eigenvalue weighted by Crippen LogP contribution is 2.29. The van der Waals surface area contributed by atoms with Gasteiger partial charge in [0, 0.05) is 22.4 Å². The Bertz CT molecular complexity index is 698. The van der Waals surface area contributed by atoms with Gasteiger partial charge in [0.25, 0.3) is 0 Å². The number of H-pyrrole nitrogens is 1. The molecule has 0 atom stereocenters. The van der Waals surface area contributed by atoms with Crippen molar-refractivity contribution in [2.45, 2.75) is 6.92 Å². The van der Waals surface area contributed by atoms with Crippen molar-refractivity contribution in [3.05, 3.63) is 47.5 Å². The molecule has 1 nitrogen and oxygen atoms in total. The third kappa shape index (κ3) is 1.21. The van der Waals surface area contributed by atoms with Crippen LogP contribution in [-0.2, 0) is 0 Å². The summed E-state index contributed by atoms with van der Waals surface area (Å²) in [6.45, 7) is 1.94. The van der Waals surface area contributed by atoms with E-state index in [1.165, 1.54) is 6.07 Å². The van der Waals surface area contributed by atoms with Crippen LogP contribution in [0.5, 0.6) is 0 Å². The van der Waals surface area contributed by atoms with Gasteiger partial charge in [-0.1, -0.05) is 11.6 Å². The molecule has 80 valence electrons.